The molecule has 0 saturated heterocycles. The van der Waals surface area contributed by atoms with Gasteiger partial charge in [0.05, 0.1) is 12.6 Å². The minimum absolute atomic E-state index is 0.0888. The van der Waals surface area contributed by atoms with E-state index in [0.717, 1.165) is 13.0 Å². The molecule has 0 bridgehead atoms. The molecular formula is C9H19NO3. The number of carbonyl (C=O) groups is 1. The van der Waals surface area contributed by atoms with Gasteiger partial charge in [0.25, 0.3) is 0 Å². The van der Waals surface area contributed by atoms with Crippen molar-refractivity contribution in [1.29, 1.82) is 0 Å². The van der Waals surface area contributed by atoms with Crippen LogP contribution in [0.25, 0.3) is 0 Å². The molecule has 13 heavy (non-hydrogen) atoms. The van der Waals surface area contributed by atoms with Crippen molar-refractivity contribution in [3.8, 4) is 0 Å². The molecular weight excluding hydrogens is 170 g/mol. The quantitative estimate of drug-likeness (QED) is 0.644. The summed E-state index contributed by atoms with van der Waals surface area (Å²) >= 11 is 0. The van der Waals surface area contributed by atoms with Gasteiger partial charge in [-0.05, 0) is 19.9 Å². The predicted molar refractivity (Wildman–Crippen MR) is 50.8 cm³/mol. The third-order valence-corrected chi connectivity index (χ3v) is 1.82. The van der Waals surface area contributed by atoms with Crippen LogP contribution in [0.15, 0.2) is 0 Å². The summed E-state index contributed by atoms with van der Waals surface area (Å²) in [5.41, 5.74) is 0. The molecule has 4 nitrogen and oxygen atoms in total. The van der Waals surface area contributed by atoms with Crippen LogP contribution in [0.4, 0.5) is 0 Å². The van der Waals surface area contributed by atoms with E-state index in [9.17, 15) is 4.79 Å². The van der Waals surface area contributed by atoms with E-state index in [4.69, 9.17) is 9.84 Å². The fourth-order valence-corrected chi connectivity index (χ4v) is 1.18. The molecule has 1 unspecified atom stereocenters. The number of methoxy groups -OCH3 is 1. The highest BCUT2D eigenvalue weighted by molar-refractivity contribution is 5.69. The van der Waals surface area contributed by atoms with Gasteiger partial charge in [-0.25, -0.2) is 0 Å². The molecule has 0 spiro atoms. The van der Waals surface area contributed by atoms with Gasteiger partial charge in [-0.2, -0.15) is 0 Å². The van der Waals surface area contributed by atoms with Crippen molar-refractivity contribution in [2.75, 3.05) is 26.7 Å². The fourth-order valence-electron chi connectivity index (χ4n) is 1.18. The average molecular weight is 189 g/mol. The van der Waals surface area contributed by atoms with Crippen LogP contribution in [0.1, 0.15) is 20.3 Å². The molecule has 0 fully saturated rings. The lowest BCUT2D eigenvalue weighted by Crippen LogP contribution is -2.36. The Morgan fingerprint density at radius 2 is 2.23 bits per heavy atom. The molecule has 0 radical (unpaired) electrons. The summed E-state index contributed by atoms with van der Waals surface area (Å²) in [7, 11) is 1.63. The summed E-state index contributed by atoms with van der Waals surface area (Å²) < 4.78 is 5.07. The Balaban J connectivity index is 3.85. The third kappa shape index (κ3) is 6.54. The molecule has 0 aromatic heterocycles. The summed E-state index contributed by atoms with van der Waals surface area (Å²) in [5, 5.41) is 8.61. The van der Waals surface area contributed by atoms with Crippen LogP contribution in [0.5, 0.6) is 0 Å². The Hall–Kier alpha value is -0.610. The van der Waals surface area contributed by atoms with E-state index in [1.165, 1.54) is 0 Å². The Bertz CT molecular complexity index is 150. The van der Waals surface area contributed by atoms with E-state index in [1.807, 2.05) is 18.7 Å². The SMILES string of the molecule is CCCN(CC(=O)O)CC(C)OC. The first-order chi connectivity index (χ1) is 6.10. The summed E-state index contributed by atoms with van der Waals surface area (Å²) in [4.78, 5) is 12.4. The van der Waals surface area contributed by atoms with Gasteiger partial charge in [0.1, 0.15) is 0 Å². The van der Waals surface area contributed by atoms with Gasteiger partial charge >= 0.3 is 5.97 Å². The Morgan fingerprint density at radius 3 is 2.62 bits per heavy atom. The van der Waals surface area contributed by atoms with Crippen LogP contribution in [0.3, 0.4) is 0 Å². The molecule has 0 aliphatic heterocycles. The lowest BCUT2D eigenvalue weighted by Gasteiger charge is -2.22. The van der Waals surface area contributed by atoms with Crippen molar-refractivity contribution in [2.45, 2.75) is 26.4 Å². The number of ether oxygens (including phenoxy) is 1. The standard InChI is InChI=1S/C9H19NO3/c1-4-5-10(7-9(11)12)6-8(2)13-3/h8H,4-7H2,1-3H3,(H,11,12). The second-order valence-corrected chi connectivity index (χ2v) is 3.18. The van der Waals surface area contributed by atoms with Crippen LogP contribution < -0.4 is 0 Å². The van der Waals surface area contributed by atoms with Gasteiger partial charge in [0.15, 0.2) is 0 Å². The average Bonchev–Trinajstić information content (AvgIpc) is 2.03. The monoisotopic (exact) mass is 189 g/mol. The fraction of sp³-hybridized carbons (Fsp3) is 0.889. The highest BCUT2D eigenvalue weighted by atomic mass is 16.5. The second-order valence-electron chi connectivity index (χ2n) is 3.18. The van der Waals surface area contributed by atoms with E-state index >= 15 is 0 Å². The summed E-state index contributed by atoms with van der Waals surface area (Å²) in [6, 6.07) is 0. The maximum absolute atomic E-state index is 10.5. The molecule has 4 heteroatoms. The lowest BCUT2D eigenvalue weighted by atomic mass is 10.3. The number of carboxylic acids is 1. The van der Waals surface area contributed by atoms with E-state index in [0.29, 0.717) is 6.54 Å². The molecule has 0 saturated carbocycles. The zero-order chi connectivity index (χ0) is 10.3. The molecule has 0 heterocycles. The van der Waals surface area contributed by atoms with Crippen molar-refractivity contribution < 1.29 is 14.6 Å². The number of nitrogens with zero attached hydrogens (tertiary/aromatic N) is 1. The summed E-state index contributed by atoms with van der Waals surface area (Å²) in [5.74, 6) is -0.781. The van der Waals surface area contributed by atoms with Crippen LogP contribution in [-0.4, -0.2) is 48.8 Å². The molecule has 1 N–H and O–H groups in total. The maximum Gasteiger partial charge on any atom is 0.317 e. The molecule has 0 aliphatic carbocycles. The van der Waals surface area contributed by atoms with E-state index < -0.39 is 5.97 Å². The molecule has 0 aromatic carbocycles. The topological polar surface area (TPSA) is 49.8 Å². The molecule has 78 valence electrons. The van der Waals surface area contributed by atoms with E-state index in [2.05, 4.69) is 0 Å². The Labute approximate surface area is 79.5 Å². The first-order valence-corrected chi connectivity index (χ1v) is 4.57. The minimum atomic E-state index is -0.781. The van der Waals surface area contributed by atoms with E-state index in [1.54, 1.807) is 7.11 Å². The number of hydrogen-bond acceptors (Lipinski definition) is 3. The molecule has 1 atom stereocenters. The van der Waals surface area contributed by atoms with Crippen molar-refractivity contribution in [3.05, 3.63) is 0 Å². The minimum Gasteiger partial charge on any atom is -0.480 e. The highest BCUT2D eigenvalue weighted by Crippen LogP contribution is 1.96. The Morgan fingerprint density at radius 1 is 1.62 bits per heavy atom. The normalized spacial score (nSPS) is 13.2. The first-order valence-electron chi connectivity index (χ1n) is 4.57. The number of carboxylic acid groups (broad SMARTS) is 1. The third-order valence-electron chi connectivity index (χ3n) is 1.82. The van der Waals surface area contributed by atoms with Crippen LogP contribution >= 0.6 is 0 Å². The smallest absolute Gasteiger partial charge is 0.317 e. The first kappa shape index (κ1) is 12.4. The van der Waals surface area contributed by atoms with Crippen molar-refractivity contribution in [2.24, 2.45) is 0 Å². The molecule has 0 aliphatic rings. The zero-order valence-electron chi connectivity index (χ0n) is 8.62. The molecule has 0 aromatic rings. The molecule has 0 rings (SSSR count). The van der Waals surface area contributed by atoms with Crippen molar-refractivity contribution >= 4 is 5.97 Å². The van der Waals surface area contributed by atoms with Crippen LogP contribution in [-0.2, 0) is 9.53 Å². The largest absolute Gasteiger partial charge is 0.480 e. The molecule has 0 amide bonds. The zero-order valence-corrected chi connectivity index (χ0v) is 8.62. The van der Waals surface area contributed by atoms with Gasteiger partial charge in [-0.15, -0.1) is 0 Å². The van der Waals surface area contributed by atoms with Crippen molar-refractivity contribution in [3.63, 3.8) is 0 Å². The summed E-state index contributed by atoms with van der Waals surface area (Å²) in [6.07, 6.45) is 1.05. The van der Waals surface area contributed by atoms with Crippen LogP contribution in [0.2, 0.25) is 0 Å². The number of rotatable bonds is 7. The Kier molecular flexibility index (Phi) is 6.54. The maximum atomic E-state index is 10.5. The predicted octanol–water partition coefficient (Wildman–Crippen LogP) is 0.818. The van der Waals surface area contributed by atoms with Gasteiger partial charge in [0, 0.05) is 13.7 Å². The van der Waals surface area contributed by atoms with Gasteiger partial charge < -0.3 is 9.84 Å². The lowest BCUT2D eigenvalue weighted by molar-refractivity contribution is -0.138. The highest BCUT2D eigenvalue weighted by Gasteiger charge is 2.11. The second kappa shape index (κ2) is 6.86. The van der Waals surface area contributed by atoms with E-state index in [-0.39, 0.29) is 12.6 Å². The number of hydrogen-bond donors (Lipinski definition) is 1. The van der Waals surface area contributed by atoms with Crippen LogP contribution in [0, 0.1) is 0 Å². The van der Waals surface area contributed by atoms with Gasteiger partial charge in [-0.1, -0.05) is 6.92 Å². The van der Waals surface area contributed by atoms with Crippen molar-refractivity contribution in [1.82, 2.24) is 4.90 Å². The summed E-state index contributed by atoms with van der Waals surface area (Å²) in [6.45, 7) is 5.55. The van der Waals surface area contributed by atoms with Gasteiger partial charge in [-0.3, -0.25) is 9.69 Å². The number of aliphatic carboxylic acids is 1. The van der Waals surface area contributed by atoms with Gasteiger partial charge in [0.2, 0.25) is 0 Å².